The highest BCUT2D eigenvalue weighted by molar-refractivity contribution is 6.35. The highest BCUT2D eigenvalue weighted by Crippen LogP contribution is 2.31. The zero-order chi connectivity index (χ0) is 10.1. The van der Waals surface area contributed by atoms with Crippen LogP contribution in [0.5, 0.6) is 0 Å². The lowest BCUT2D eigenvalue weighted by atomic mass is 9.91. The Morgan fingerprint density at radius 1 is 1.36 bits per heavy atom. The maximum absolute atomic E-state index is 9.94. The number of rotatable bonds is 2. The lowest BCUT2D eigenvalue weighted by molar-refractivity contribution is 0.0768. The summed E-state index contributed by atoms with van der Waals surface area (Å²) in [5.41, 5.74) is 0.766. The molecule has 1 aromatic rings. The van der Waals surface area contributed by atoms with Gasteiger partial charge < -0.3 is 10.4 Å². The molecular formula is C10H11Cl2NO. The molecule has 1 atom stereocenters. The molecule has 0 saturated carbocycles. The van der Waals surface area contributed by atoms with Crippen LogP contribution in [0, 0.1) is 5.92 Å². The van der Waals surface area contributed by atoms with E-state index in [-0.39, 0.29) is 5.92 Å². The van der Waals surface area contributed by atoms with E-state index in [9.17, 15) is 5.11 Å². The summed E-state index contributed by atoms with van der Waals surface area (Å²) in [4.78, 5) is 0. The van der Waals surface area contributed by atoms with Crippen LogP contribution < -0.4 is 5.32 Å². The molecule has 1 unspecified atom stereocenters. The Hall–Kier alpha value is -0.280. The molecule has 14 heavy (non-hydrogen) atoms. The predicted molar refractivity (Wildman–Crippen MR) is 57.8 cm³/mol. The Kier molecular flexibility index (Phi) is 2.98. The van der Waals surface area contributed by atoms with Gasteiger partial charge in [-0.3, -0.25) is 0 Å². The van der Waals surface area contributed by atoms with Crippen molar-refractivity contribution in [3.8, 4) is 0 Å². The molecule has 1 saturated heterocycles. The zero-order valence-corrected chi connectivity index (χ0v) is 9.02. The van der Waals surface area contributed by atoms with Crippen LogP contribution in [0.15, 0.2) is 18.2 Å². The molecule has 1 aliphatic rings. The first-order chi connectivity index (χ1) is 6.68. The van der Waals surface area contributed by atoms with Gasteiger partial charge in [-0.2, -0.15) is 0 Å². The summed E-state index contributed by atoms with van der Waals surface area (Å²) in [7, 11) is 0. The van der Waals surface area contributed by atoms with Crippen molar-refractivity contribution in [2.24, 2.45) is 5.92 Å². The van der Waals surface area contributed by atoms with Gasteiger partial charge in [0.05, 0.1) is 6.10 Å². The summed E-state index contributed by atoms with van der Waals surface area (Å²) in [6.07, 6.45) is -0.485. The van der Waals surface area contributed by atoms with Crippen molar-refractivity contribution >= 4 is 23.2 Å². The number of nitrogens with one attached hydrogen (secondary N) is 1. The van der Waals surface area contributed by atoms with E-state index in [0.717, 1.165) is 18.7 Å². The molecule has 1 aromatic carbocycles. The van der Waals surface area contributed by atoms with E-state index in [0.29, 0.717) is 10.0 Å². The Morgan fingerprint density at radius 2 is 2.07 bits per heavy atom. The summed E-state index contributed by atoms with van der Waals surface area (Å²) in [5, 5.41) is 14.2. The molecule has 0 bridgehead atoms. The van der Waals surface area contributed by atoms with E-state index < -0.39 is 6.10 Å². The fourth-order valence-corrected chi connectivity index (χ4v) is 2.05. The first kappa shape index (κ1) is 10.2. The molecule has 1 aliphatic heterocycles. The SMILES string of the molecule is OC(c1ccc(Cl)cc1Cl)C1CNC1. The number of aliphatic hydroxyl groups excluding tert-OH is 1. The molecule has 1 heterocycles. The predicted octanol–water partition coefficient (Wildman–Crippen LogP) is 2.25. The van der Waals surface area contributed by atoms with E-state index >= 15 is 0 Å². The molecule has 1 fully saturated rings. The van der Waals surface area contributed by atoms with Gasteiger partial charge in [-0.25, -0.2) is 0 Å². The number of halogens is 2. The van der Waals surface area contributed by atoms with Crippen molar-refractivity contribution in [2.45, 2.75) is 6.10 Å². The second-order valence-corrected chi connectivity index (χ2v) is 4.37. The number of hydrogen-bond donors (Lipinski definition) is 2. The van der Waals surface area contributed by atoms with Gasteiger partial charge in [0.15, 0.2) is 0 Å². The fourth-order valence-electron chi connectivity index (χ4n) is 1.53. The normalized spacial score (nSPS) is 19.1. The topological polar surface area (TPSA) is 32.3 Å². The summed E-state index contributed by atoms with van der Waals surface area (Å²) in [6, 6.07) is 5.19. The highest BCUT2D eigenvalue weighted by Gasteiger charge is 2.27. The average Bonchev–Trinajstić information content (AvgIpc) is 2.00. The molecular weight excluding hydrogens is 221 g/mol. The quantitative estimate of drug-likeness (QED) is 0.819. The molecule has 0 aromatic heterocycles. The molecule has 0 amide bonds. The number of hydrogen-bond acceptors (Lipinski definition) is 2. The van der Waals surface area contributed by atoms with Crippen molar-refractivity contribution in [3.05, 3.63) is 33.8 Å². The molecule has 4 heteroatoms. The zero-order valence-electron chi connectivity index (χ0n) is 7.50. The number of benzene rings is 1. The second kappa shape index (κ2) is 4.07. The minimum atomic E-state index is -0.485. The molecule has 2 rings (SSSR count). The third-order valence-corrected chi connectivity index (χ3v) is 3.10. The first-order valence-electron chi connectivity index (χ1n) is 4.52. The minimum absolute atomic E-state index is 0.272. The average molecular weight is 232 g/mol. The molecule has 0 aliphatic carbocycles. The van der Waals surface area contributed by atoms with Crippen LogP contribution in [0.25, 0.3) is 0 Å². The maximum atomic E-state index is 9.94. The monoisotopic (exact) mass is 231 g/mol. The van der Waals surface area contributed by atoms with Gasteiger partial charge in [0.1, 0.15) is 0 Å². The molecule has 0 spiro atoms. The van der Waals surface area contributed by atoms with Crippen molar-refractivity contribution in [2.75, 3.05) is 13.1 Å². The summed E-state index contributed by atoms with van der Waals surface area (Å²) < 4.78 is 0. The van der Waals surface area contributed by atoms with E-state index in [1.54, 1.807) is 18.2 Å². The first-order valence-corrected chi connectivity index (χ1v) is 5.28. The van der Waals surface area contributed by atoms with Gasteiger partial charge >= 0.3 is 0 Å². The van der Waals surface area contributed by atoms with Crippen LogP contribution in [-0.4, -0.2) is 18.2 Å². The Bertz CT molecular complexity index is 339. The largest absolute Gasteiger partial charge is 0.388 e. The van der Waals surface area contributed by atoms with Gasteiger partial charge in [-0.15, -0.1) is 0 Å². The number of aliphatic hydroxyl groups is 1. The lowest BCUT2D eigenvalue weighted by Crippen LogP contribution is -2.45. The van der Waals surface area contributed by atoms with E-state index in [2.05, 4.69) is 5.32 Å². The Balaban J connectivity index is 2.22. The van der Waals surface area contributed by atoms with Crippen molar-refractivity contribution in [1.29, 1.82) is 0 Å². The molecule has 76 valence electrons. The molecule has 2 nitrogen and oxygen atoms in total. The van der Waals surface area contributed by atoms with Gasteiger partial charge in [-0.1, -0.05) is 29.3 Å². The van der Waals surface area contributed by atoms with Gasteiger partial charge in [0.25, 0.3) is 0 Å². The lowest BCUT2D eigenvalue weighted by Gasteiger charge is -2.32. The van der Waals surface area contributed by atoms with Crippen molar-refractivity contribution < 1.29 is 5.11 Å². The third-order valence-electron chi connectivity index (χ3n) is 2.54. The van der Waals surface area contributed by atoms with E-state index in [1.165, 1.54) is 0 Å². The van der Waals surface area contributed by atoms with E-state index in [1.807, 2.05) is 0 Å². The van der Waals surface area contributed by atoms with E-state index in [4.69, 9.17) is 23.2 Å². The van der Waals surface area contributed by atoms with Gasteiger partial charge in [0.2, 0.25) is 0 Å². The van der Waals surface area contributed by atoms with Crippen LogP contribution in [0.3, 0.4) is 0 Å². The summed E-state index contributed by atoms with van der Waals surface area (Å²) in [5.74, 6) is 0.272. The molecule has 2 N–H and O–H groups in total. The second-order valence-electron chi connectivity index (χ2n) is 3.53. The molecule has 0 radical (unpaired) electrons. The minimum Gasteiger partial charge on any atom is -0.388 e. The maximum Gasteiger partial charge on any atom is 0.0856 e. The summed E-state index contributed by atoms with van der Waals surface area (Å²) >= 11 is 11.8. The van der Waals surface area contributed by atoms with Crippen LogP contribution in [0.2, 0.25) is 10.0 Å². The van der Waals surface area contributed by atoms with Crippen LogP contribution in [0.1, 0.15) is 11.7 Å². The van der Waals surface area contributed by atoms with Gasteiger partial charge in [-0.05, 0) is 17.7 Å². The van der Waals surface area contributed by atoms with Gasteiger partial charge in [0, 0.05) is 29.1 Å². The Morgan fingerprint density at radius 3 is 2.57 bits per heavy atom. The standard InChI is InChI=1S/C10H11Cl2NO/c11-7-1-2-8(9(12)3-7)10(14)6-4-13-5-6/h1-3,6,10,13-14H,4-5H2. The third kappa shape index (κ3) is 1.89. The van der Waals surface area contributed by atoms with Crippen LogP contribution in [0.4, 0.5) is 0 Å². The van der Waals surface area contributed by atoms with Crippen molar-refractivity contribution in [3.63, 3.8) is 0 Å². The summed E-state index contributed by atoms with van der Waals surface area (Å²) in [6.45, 7) is 1.69. The van der Waals surface area contributed by atoms with Crippen LogP contribution >= 0.6 is 23.2 Å². The highest BCUT2D eigenvalue weighted by atomic mass is 35.5. The van der Waals surface area contributed by atoms with Crippen LogP contribution in [-0.2, 0) is 0 Å². The van der Waals surface area contributed by atoms with Crippen molar-refractivity contribution in [1.82, 2.24) is 5.32 Å². The smallest absolute Gasteiger partial charge is 0.0856 e. The fraction of sp³-hybridized carbons (Fsp3) is 0.400. The Labute approximate surface area is 92.8 Å².